The smallest absolute Gasteiger partial charge is 0.251 e. The Balaban J connectivity index is 1.27. The number of amides is 1. The zero-order valence-electron chi connectivity index (χ0n) is 15.4. The normalized spacial score (nSPS) is 12.6. The summed E-state index contributed by atoms with van der Waals surface area (Å²) in [6.07, 6.45) is 5.30. The molecule has 1 aliphatic carbocycles. The topological polar surface area (TPSA) is 56.2 Å². The molecule has 5 heteroatoms. The lowest BCUT2D eigenvalue weighted by Gasteiger charge is -2.10. The number of hydrogen-bond donors (Lipinski definition) is 1. The SMILES string of the molecule is Cc1ccnn1-c1ccc(C(=O)NCCOc2ccc3c(c2)CCC3)cc1. The Hall–Kier alpha value is -3.08. The van der Waals surface area contributed by atoms with Crippen molar-refractivity contribution in [1.82, 2.24) is 15.1 Å². The van der Waals surface area contributed by atoms with Crippen LogP contribution in [0.3, 0.4) is 0 Å². The average Bonchev–Trinajstić information content (AvgIpc) is 3.33. The van der Waals surface area contributed by atoms with Crippen molar-refractivity contribution in [3.05, 3.63) is 77.1 Å². The predicted octanol–water partition coefficient (Wildman–Crippen LogP) is 3.48. The van der Waals surface area contributed by atoms with E-state index in [1.165, 1.54) is 24.0 Å². The first-order valence-corrected chi connectivity index (χ1v) is 9.34. The maximum Gasteiger partial charge on any atom is 0.251 e. The van der Waals surface area contributed by atoms with Crippen LogP contribution in [0.4, 0.5) is 0 Å². The molecule has 27 heavy (non-hydrogen) atoms. The van der Waals surface area contributed by atoms with Crippen molar-refractivity contribution in [2.24, 2.45) is 0 Å². The number of rotatable bonds is 6. The second-order valence-electron chi connectivity index (χ2n) is 6.82. The van der Waals surface area contributed by atoms with E-state index in [1.807, 2.05) is 48.0 Å². The van der Waals surface area contributed by atoms with E-state index in [1.54, 1.807) is 6.20 Å². The number of aryl methyl sites for hydroxylation is 3. The average molecular weight is 361 g/mol. The summed E-state index contributed by atoms with van der Waals surface area (Å²) in [5.74, 6) is 0.778. The van der Waals surface area contributed by atoms with Gasteiger partial charge in [0.05, 0.1) is 12.2 Å². The maximum atomic E-state index is 12.3. The second-order valence-corrected chi connectivity index (χ2v) is 6.82. The van der Waals surface area contributed by atoms with E-state index in [4.69, 9.17) is 4.74 Å². The summed E-state index contributed by atoms with van der Waals surface area (Å²) < 4.78 is 7.61. The van der Waals surface area contributed by atoms with Gasteiger partial charge in [-0.2, -0.15) is 5.10 Å². The monoisotopic (exact) mass is 361 g/mol. The Morgan fingerprint density at radius 2 is 1.93 bits per heavy atom. The fourth-order valence-corrected chi connectivity index (χ4v) is 3.47. The number of fused-ring (bicyclic) bond motifs is 1. The zero-order valence-corrected chi connectivity index (χ0v) is 15.4. The molecule has 0 bridgehead atoms. The molecule has 0 saturated carbocycles. The third-order valence-electron chi connectivity index (χ3n) is 4.93. The number of carbonyl (C=O) groups excluding carboxylic acids is 1. The van der Waals surface area contributed by atoms with Crippen molar-refractivity contribution in [3.63, 3.8) is 0 Å². The number of benzene rings is 2. The lowest BCUT2D eigenvalue weighted by Crippen LogP contribution is -2.28. The highest BCUT2D eigenvalue weighted by Gasteiger charge is 2.11. The highest BCUT2D eigenvalue weighted by Crippen LogP contribution is 2.25. The van der Waals surface area contributed by atoms with Crippen molar-refractivity contribution < 1.29 is 9.53 Å². The van der Waals surface area contributed by atoms with Crippen LogP contribution in [0.15, 0.2) is 54.7 Å². The standard InChI is InChI=1S/C22H23N3O2/c1-16-11-12-24-25(16)20-8-5-18(6-9-20)22(26)23-13-14-27-21-10-7-17-3-2-4-19(17)15-21/h5-12,15H,2-4,13-14H2,1H3,(H,23,26). The van der Waals surface area contributed by atoms with Gasteiger partial charge >= 0.3 is 0 Å². The first-order valence-electron chi connectivity index (χ1n) is 9.34. The Morgan fingerprint density at radius 1 is 1.11 bits per heavy atom. The zero-order chi connectivity index (χ0) is 18.6. The number of carbonyl (C=O) groups is 1. The third kappa shape index (κ3) is 3.87. The molecule has 0 atom stereocenters. The molecule has 0 radical (unpaired) electrons. The van der Waals surface area contributed by atoms with Crippen LogP contribution in [0, 0.1) is 6.92 Å². The molecule has 1 aromatic heterocycles. The largest absolute Gasteiger partial charge is 0.492 e. The van der Waals surface area contributed by atoms with Crippen molar-refractivity contribution in [2.75, 3.05) is 13.2 Å². The van der Waals surface area contributed by atoms with Crippen LogP contribution in [-0.2, 0) is 12.8 Å². The van der Waals surface area contributed by atoms with Crippen LogP contribution in [-0.4, -0.2) is 28.8 Å². The second kappa shape index (κ2) is 7.66. The molecule has 138 valence electrons. The molecule has 0 saturated heterocycles. The first kappa shape index (κ1) is 17.3. The molecule has 0 spiro atoms. The molecular formula is C22H23N3O2. The molecule has 1 heterocycles. The third-order valence-corrected chi connectivity index (χ3v) is 4.93. The fraction of sp³-hybridized carbons (Fsp3) is 0.273. The van der Waals surface area contributed by atoms with Crippen LogP contribution in [0.1, 0.15) is 33.6 Å². The predicted molar refractivity (Wildman–Crippen MR) is 105 cm³/mol. The van der Waals surface area contributed by atoms with Gasteiger partial charge in [0.1, 0.15) is 12.4 Å². The van der Waals surface area contributed by atoms with E-state index in [-0.39, 0.29) is 5.91 Å². The summed E-state index contributed by atoms with van der Waals surface area (Å²) in [6, 6.07) is 15.7. The minimum Gasteiger partial charge on any atom is -0.492 e. The summed E-state index contributed by atoms with van der Waals surface area (Å²) >= 11 is 0. The van der Waals surface area contributed by atoms with Gasteiger partial charge in [-0.25, -0.2) is 4.68 Å². The van der Waals surface area contributed by atoms with E-state index in [2.05, 4.69) is 22.5 Å². The molecule has 5 nitrogen and oxygen atoms in total. The minimum atomic E-state index is -0.101. The molecule has 1 amide bonds. The molecule has 0 unspecified atom stereocenters. The van der Waals surface area contributed by atoms with Gasteiger partial charge in [-0.15, -0.1) is 0 Å². The quantitative estimate of drug-likeness (QED) is 0.684. The van der Waals surface area contributed by atoms with Gasteiger partial charge in [0, 0.05) is 17.5 Å². The number of ether oxygens (including phenoxy) is 1. The van der Waals surface area contributed by atoms with Gasteiger partial charge in [-0.3, -0.25) is 4.79 Å². The molecule has 0 aliphatic heterocycles. The van der Waals surface area contributed by atoms with E-state index >= 15 is 0 Å². The highest BCUT2D eigenvalue weighted by atomic mass is 16.5. The van der Waals surface area contributed by atoms with Gasteiger partial charge < -0.3 is 10.1 Å². The summed E-state index contributed by atoms with van der Waals surface area (Å²) in [7, 11) is 0. The Bertz CT molecular complexity index is 944. The summed E-state index contributed by atoms with van der Waals surface area (Å²) in [6.45, 7) is 2.92. The lowest BCUT2D eigenvalue weighted by atomic mass is 10.1. The van der Waals surface area contributed by atoms with Crippen LogP contribution in [0.2, 0.25) is 0 Å². The number of aromatic nitrogens is 2. The number of hydrogen-bond acceptors (Lipinski definition) is 3. The summed E-state index contributed by atoms with van der Waals surface area (Å²) in [4.78, 5) is 12.3. The minimum absolute atomic E-state index is 0.101. The van der Waals surface area contributed by atoms with Crippen LogP contribution in [0.25, 0.3) is 5.69 Å². The van der Waals surface area contributed by atoms with Crippen LogP contribution in [0.5, 0.6) is 5.75 Å². The summed E-state index contributed by atoms with van der Waals surface area (Å²) in [5, 5.41) is 7.17. The molecule has 4 rings (SSSR count). The molecule has 1 aliphatic rings. The van der Waals surface area contributed by atoms with Gasteiger partial charge in [0.15, 0.2) is 0 Å². The molecular weight excluding hydrogens is 338 g/mol. The van der Waals surface area contributed by atoms with E-state index < -0.39 is 0 Å². The fourth-order valence-electron chi connectivity index (χ4n) is 3.47. The van der Waals surface area contributed by atoms with E-state index in [9.17, 15) is 4.79 Å². The van der Waals surface area contributed by atoms with Crippen molar-refractivity contribution in [2.45, 2.75) is 26.2 Å². The highest BCUT2D eigenvalue weighted by molar-refractivity contribution is 5.94. The Morgan fingerprint density at radius 3 is 2.70 bits per heavy atom. The van der Waals surface area contributed by atoms with Gasteiger partial charge in [0.25, 0.3) is 5.91 Å². The Labute approximate surface area is 159 Å². The maximum absolute atomic E-state index is 12.3. The first-order chi connectivity index (χ1) is 13.2. The van der Waals surface area contributed by atoms with Gasteiger partial charge in [0.2, 0.25) is 0 Å². The Kier molecular flexibility index (Phi) is 4.92. The molecule has 1 N–H and O–H groups in total. The van der Waals surface area contributed by atoms with E-state index in [0.29, 0.717) is 18.7 Å². The molecule has 3 aromatic rings. The number of nitrogens with zero attached hydrogens (tertiary/aromatic N) is 2. The molecule has 0 fully saturated rings. The van der Waals surface area contributed by atoms with Crippen molar-refractivity contribution in [3.8, 4) is 11.4 Å². The summed E-state index contributed by atoms with van der Waals surface area (Å²) in [5.41, 5.74) is 5.44. The lowest BCUT2D eigenvalue weighted by molar-refractivity contribution is 0.0947. The van der Waals surface area contributed by atoms with Gasteiger partial charge in [-0.05, 0) is 79.8 Å². The molecule has 2 aromatic carbocycles. The van der Waals surface area contributed by atoms with Crippen molar-refractivity contribution in [1.29, 1.82) is 0 Å². The van der Waals surface area contributed by atoms with E-state index in [0.717, 1.165) is 23.6 Å². The van der Waals surface area contributed by atoms with Gasteiger partial charge in [-0.1, -0.05) is 6.07 Å². The van der Waals surface area contributed by atoms with Crippen molar-refractivity contribution >= 4 is 5.91 Å². The van der Waals surface area contributed by atoms with Crippen LogP contribution < -0.4 is 10.1 Å². The van der Waals surface area contributed by atoms with Crippen LogP contribution >= 0.6 is 0 Å². The number of nitrogens with one attached hydrogen (secondary N) is 1.